The van der Waals surface area contributed by atoms with E-state index in [1.807, 2.05) is 11.4 Å². The molecule has 108 valence electrons. The van der Waals surface area contributed by atoms with Gasteiger partial charge in [0.25, 0.3) is 0 Å². The molecule has 3 N–H and O–H groups in total. The van der Waals surface area contributed by atoms with Crippen LogP contribution in [0.4, 0.5) is 0 Å². The number of amides is 1. The third kappa shape index (κ3) is 7.33. The average molecular weight is 282 g/mol. The zero-order valence-corrected chi connectivity index (χ0v) is 12.9. The molecule has 1 aromatic rings. The van der Waals surface area contributed by atoms with Gasteiger partial charge in [-0.25, -0.2) is 0 Å². The molecule has 0 unspecified atom stereocenters. The standard InChI is InChI=1S/C15H26N2OS/c1-12(2)7-5-3-4-6-8-17-10-14-9-13(11-19-14)15(16)18/h9,11-12,17H,3-8,10H2,1-2H3,(H2,16,18). The van der Waals surface area contributed by atoms with Gasteiger partial charge in [0.2, 0.25) is 5.91 Å². The van der Waals surface area contributed by atoms with Crippen molar-refractivity contribution in [3.63, 3.8) is 0 Å². The second-order valence-corrected chi connectivity index (χ2v) is 6.44. The van der Waals surface area contributed by atoms with Crippen molar-refractivity contribution in [3.8, 4) is 0 Å². The molecule has 0 aliphatic heterocycles. The van der Waals surface area contributed by atoms with E-state index in [0.717, 1.165) is 19.0 Å². The van der Waals surface area contributed by atoms with E-state index < -0.39 is 0 Å². The van der Waals surface area contributed by atoms with Gasteiger partial charge in [-0.15, -0.1) is 11.3 Å². The fraction of sp³-hybridized carbons (Fsp3) is 0.667. The minimum absolute atomic E-state index is 0.340. The molecular weight excluding hydrogens is 256 g/mol. The lowest BCUT2D eigenvalue weighted by atomic mass is 10.0. The summed E-state index contributed by atoms with van der Waals surface area (Å²) in [7, 11) is 0. The van der Waals surface area contributed by atoms with Crippen LogP contribution in [-0.4, -0.2) is 12.5 Å². The molecule has 0 bridgehead atoms. The lowest BCUT2D eigenvalue weighted by molar-refractivity contribution is 0.100. The largest absolute Gasteiger partial charge is 0.366 e. The van der Waals surface area contributed by atoms with Gasteiger partial charge >= 0.3 is 0 Å². The van der Waals surface area contributed by atoms with Crippen LogP contribution in [0.2, 0.25) is 0 Å². The van der Waals surface area contributed by atoms with Gasteiger partial charge in [-0.2, -0.15) is 0 Å². The normalized spacial score (nSPS) is 11.1. The predicted octanol–water partition coefficient (Wildman–Crippen LogP) is 3.54. The first kappa shape index (κ1) is 16.2. The number of carbonyl (C=O) groups excluding carboxylic acids is 1. The molecule has 0 saturated carbocycles. The number of nitrogens with one attached hydrogen (secondary N) is 1. The molecule has 3 nitrogen and oxygen atoms in total. The Morgan fingerprint density at radius 1 is 1.32 bits per heavy atom. The summed E-state index contributed by atoms with van der Waals surface area (Å²) < 4.78 is 0. The molecule has 19 heavy (non-hydrogen) atoms. The summed E-state index contributed by atoms with van der Waals surface area (Å²) in [4.78, 5) is 12.1. The first-order chi connectivity index (χ1) is 9.09. The van der Waals surface area contributed by atoms with E-state index in [1.54, 1.807) is 11.3 Å². The van der Waals surface area contributed by atoms with Crippen molar-refractivity contribution in [2.24, 2.45) is 11.7 Å². The van der Waals surface area contributed by atoms with Gasteiger partial charge in [0.1, 0.15) is 0 Å². The molecule has 1 aromatic heterocycles. The van der Waals surface area contributed by atoms with Gasteiger partial charge in [-0.3, -0.25) is 4.79 Å². The highest BCUT2D eigenvalue weighted by Gasteiger charge is 2.03. The summed E-state index contributed by atoms with van der Waals surface area (Å²) in [5.41, 5.74) is 5.84. The lowest BCUT2D eigenvalue weighted by Gasteiger charge is -2.05. The summed E-state index contributed by atoms with van der Waals surface area (Å²) >= 11 is 1.59. The van der Waals surface area contributed by atoms with Crippen molar-refractivity contribution in [1.29, 1.82) is 0 Å². The number of hydrogen-bond donors (Lipinski definition) is 2. The molecule has 1 heterocycles. The topological polar surface area (TPSA) is 55.1 Å². The molecule has 0 aromatic carbocycles. The van der Waals surface area contributed by atoms with Crippen molar-refractivity contribution < 1.29 is 4.79 Å². The van der Waals surface area contributed by atoms with Crippen LogP contribution in [0, 0.1) is 5.92 Å². The molecule has 1 rings (SSSR count). The van der Waals surface area contributed by atoms with E-state index in [4.69, 9.17) is 5.73 Å². The van der Waals surface area contributed by atoms with Crippen LogP contribution in [0.5, 0.6) is 0 Å². The maximum atomic E-state index is 10.9. The van der Waals surface area contributed by atoms with Crippen LogP contribution in [-0.2, 0) is 6.54 Å². The molecule has 0 spiro atoms. The Morgan fingerprint density at radius 2 is 2.05 bits per heavy atom. The van der Waals surface area contributed by atoms with Crippen molar-refractivity contribution in [2.45, 2.75) is 52.5 Å². The molecule has 4 heteroatoms. The average Bonchev–Trinajstić information content (AvgIpc) is 2.81. The van der Waals surface area contributed by atoms with E-state index in [0.29, 0.717) is 5.56 Å². The number of primary amides is 1. The zero-order valence-electron chi connectivity index (χ0n) is 12.1. The molecule has 0 aliphatic carbocycles. The van der Waals surface area contributed by atoms with Gasteiger partial charge in [-0.05, 0) is 24.9 Å². The van der Waals surface area contributed by atoms with Crippen molar-refractivity contribution in [2.75, 3.05) is 6.54 Å². The Balaban J connectivity index is 2.00. The smallest absolute Gasteiger partial charge is 0.249 e. The van der Waals surface area contributed by atoms with Gasteiger partial charge in [0, 0.05) is 16.8 Å². The van der Waals surface area contributed by atoms with E-state index in [-0.39, 0.29) is 5.91 Å². The Bertz CT molecular complexity index is 374. The van der Waals surface area contributed by atoms with Crippen LogP contribution in [0.1, 0.15) is 61.2 Å². The Morgan fingerprint density at radius 3 is 2.68 bits per heavy atom. The molecule has 0 radical (unpaired) electrons. The highest BCUT2D eigenvalue weighted by Crippen LogP contribution is 2.14. The minimum Gasteiger partial charge on any atom is -0.366 e. The van der Waals surface area contributed by atoms with Crippen LogP contribution in [0.25, 0.3) is 0 Å². The van der Waals surface area contributed by atoms with Crippen molar-refractivity contribution in [1.82, 2.24) is 5.32 Å². The van der Waals surface area contributed by atoms with Gasteiger partial charge < -0.3 is 11.1 Å². The monoisotopic (exact) mass is 282 g/mol. The number of thiophene rings is 1. The predicted molar refractivity (Wildman–Crippen MR) is 82.5 cm³/mol. The second-order valence-electron chi connectivity index (χ2n) is 5.44. The first-order valence-corrected chi connectivity index (χ1v) is 8.05. The van der Waals surface area contributed by atoms with E-state index in [2.05, 4.69) is 19.2 Å². The lowest BCUT2D eigenvalue weighted by Crippen LogP contribution is -2.14. The van der Waals surface area contributed by atoms with E-state index >= 15 is 0 Å². The number of hydrogen-bond acceptors (Lipinski definition) is 3. The fourth-order valence-electron chi connectivity index (χ4n) is 1.97. The third-order valence-corrected chi connectivity index (χ3v) is 4.06. The van der Waals surface area contributed by atoms with Gasteiger partial charge in [-0.1, -0.05) is 39.5 Å². The highest BCUT2D eigenvalue weighted by molar-refractivity contribution is 7.10. The van der Waals surface area contributed by atoms with Crippen LogP contribution >= 0.6 is 11.3 Å². The summed E-state index contributed by atoms with van der Waals surface area (Å²) in [6, 6.07) is 1.88. The molecule has 1 amide bonds. The minimum atomic E-state index is -0.340. The molecule has 0 fully saturated rings. The summed E-state index contributed by atoms with van der Waals surface area (Å²) in [6.45, 7) is 6.45. The Labute approximate surface area is 120 Å². The fourth-order valence-corrected chi connectivity index (χ4v) is 2.81. The van der Waals surface area contributed by atoms with Crippen LogP contribution in [0.3, 0.4) is 0 Å². The van der Waals surface area contributed by atoms with Crippen molar-refractivity contribution >= 4 is 17.2 Å². The summed E-state index contributed by atoms with van der Waals surface area (Å²) in [5.74, 6) is 0.490. The van der Waals surface area contributed by atoms with Gasteiger partial charge in [0.15, 0.2) is 0 Å². The number of unbranched alkanes of at least 4 members (excludes halogenated alkanes) is 3. The highest BCUT2D eigenvalue weighted by atomic mass is 32.1. The molecule has 0 saturated heterocycles. The summed E-state index contributed by atoms with van der Waals surface area (Å²) in [5, 5.41) is 5.24. The van der Waals surface area contributed by atoms with Crippen LogP contribution in [0.15, 0.2) is 11.4 Å². The maximum absolute atomic E-state index is 10.9. The number of rotatable bonds is 10. The third-order valence-electron chi connectivity index (χ3n) is 3.12. The van der Waals surface area contributed by atoms with E-state index in [1.165, 1.54) is 37.0 Å². The number of carbonyl (C=O) groups is 1. The molecule has 0 aliphatic rings. The van der Waals surface area contributed by atoms with Crippen LogP contribution < -0.4 is 11.1 Å². The number of nitrogens with two attached hydrogens (primary N) is 1. The second kappa shape index (κ2) is 9.10. The van der Waals surface area contributed by atoms with Gasteiger partial charge in [0.05, 0.1) is 5.56 Å². The van der Waals surface area contributed by atoms with Crippen molar-refractivity contribution in [3.05, 3.63) is 21.9 Å². The SMILES string of the molecule is CC(C)CCCCCCNCc1cc(C(N)=O)cs1. The first-order valence-electron chi connectivity index (χ1n) is 7.17. The maximum Gasteiger partial charge on any atom is 0.249 e. The Hall–Kier alpha value is -0.870. The quantitative estimate of drug-likeness (QED) is 0.645. The zero-order chi connectivity index (χ0) is 14.1. The molecule has 0 atom stereocenters. The van der Waals surface area contributed by atoms with E-state index in [9.17, 15) is 4.79 Å². The Kier molecular flexibility index (Phi) is 7.75. The molecular formula is C15H26N2OS. The summed E-state index contributed by atoms with van der Waals surface area (Å²) in [6.07, 6.45) is 6.57.